The molecule has 0 aromatic heterocycles. The Morgan fingerprint density at radius 3 is 3.05 bits per heavy atom. The van der Waals surface area contributed by atoms with Gasteiger partial charge in [0.05, 0.1) is 24.4 Å². The highest BCUT2D eigenvalue weighted by Crippen LogP contribution is 2.34. The lowest BCUT2D eigenvalue weighted by Crippen LogP contribution is -2.35. The first-order valence-corrected chi connectivity index (χ1v) is 7.30. The van der Waals surface area contributed by atoms with E-state index in [0.717, 1.165) is 49.2 Å². The monoisotopic (exact) mass is 272 g/mol. The summed E-state index contributed by atoms with van der Waals surface area (Å²) in [6.07, 6.45) is 5.98. The van der Waals surface area contributed by atoms with Crippen molar-refractivity contribution in [2.45, 2.75) is 38.6 Å². The first-order valence-electron chi connectivity index (χ1n) is 7.30. The van der Waals surface area contributed by atoms with Crippen LogP contribution in [0.2, 0.25) is 0 Å². The van der Waals surface area contributed by atoms with Crippen LogP contribution in [0.15, 0.2) is 17.1 Å². The third kappa shape index (κ3) is 2.09. The Morgan fingerprint density at radius 2 is 2.30 bits per heavy atom. The van der Waals surface area contributed by atoms with E-state index in [1.54, 1.807) is 7.11 Å². The van der Waals surface area contributed by atoms with Crippen molar-refractivity contribution in [3.05, 3.63) is 23.3 Å². The lowest BCUT2D eigenvalue weighted by Gasteiger charge is -2.20. The number of carbonyl (C=O) groups excluding carboxylic acids is 1. The van der Waals surface area contributed by atoms with E-state index in [1.807, 2.05) is 23.2 Å². The molecule has 0 spiro atoms. The van der Waals surface area contributed by atoms with Gasteiger partial charge in [-0.15, -0.1) is 0 Å². The summed E-state index contributed by atoms with van der Waals surface area (Å²) in [5.74, 6) is 0.883. The molecule has 0 N–H and O–H groups in total. The van der Waals surface area contributed by atoms with Crippen molar-refractivity contribution in [2.24, 2.45) is 4.99 Å². The van der Waals surface area contributed by atoms with E-state index in [9.17, 15) is 4.79 Å². The molecule has 4 nitrogen and oxygen atoms in total. The highest BCUT2D eigenvalue weighted by atomic mass is 16.5. The van der Waals surface area contributed by atoms with Crippen molar-refractivity contribution in [3.8, 4) is 5.75 Å². The molecule has 0 unspecified atom stereocenters. The van der Waals surface area contributed by atoms with Gasteiger partial charge in [0.15, 0.2) is 0 Å². The second kappa shape index (κ2) is 5.27. The van der Waals surface area contributed by atoms with Gasteiger partial charge in [0.25, 0.3) is 5.91 Å². The fourth-order valence-electron chi connectivity index (χ4n) is 3.07. The number of hydrogen-bond acceptors (Lipinski definition) is 3. The zero-order valence-corrected chi connectivity index (χ0v) is 12.1. The molecule has 1 atom stereocenters. The molecular formula is C16H20N2O2. The first-order chi connectivity index (χ1) is 9.74. The Hall–Kier alpha value is -1.84. The molecule has 20 heavy (non-hydrogen) atoms. The Kier molecular flexibility index (Phi) is 3.47. The van der Waals surface area contributed by atoms with Gasteiger partial charge in [-0.05, 0) is 37.0 Å². The van der Waals surface area contributed by atoms with E-state index in [2.05, 4.69) is 11.9 Å². The molecule has 0 saturated carbocycles. The van der Waals surface area contributed by atoms with Crippen LogP contribution < -0.4 is 4.74 Å². The number of aliphatic imine (C=N–C) groups is 1. The number of amides is 1. The van der Waals surface area contributed by atoms with Gasteiger partial charge in [0.2, 0.25) is 0 Å². The summed E-state index contributed by atoms with van der Waals surface area (Å²) in [6, 6.07) is 4.03. The Balaban J connectivity index is 2.08. The maximum absolute atomic E-state index is 12.6. The second-order valence-electron chi connectivity index (χ2n) is 5.42. The molecule has 0 bridgehead atoms. The van der Waals surface area contributed by atoms with Gasteiger partial charge >= 0.3 is 0 Å². The molecule has 1 amide bonds. The summed E-state index contributed by atoms with van der Waals surface area (Å²) in [5.41, 5.74) is 2.58. The number of carbonyl (C=O) groups is 1. The summed E-state index contributed by atoms with van der Waals surface area (Å²) >= 11 is 0. The third-order valence-electron chi connectivity index (χ3n) is 4.09. The summed E-state index contributed by atoms with van der Waals surface area (Å²) in [6.45, 7) is 2.96. The standard InChI is InChI=1S/C16H20N2O2/c1-3-5-11-8-14-13(9-15(11)20-2)16(19)18-7-4-6-12(18)10-17-14/h8-10,12H,3-7H2,1-2H3/t12-/m0/s1. The predicted octanol–water partition coefficient (Wildman–Crippen LogP) is 2.97. The van der Waals surface area contributed by atoms with Crippen molar-refractivity contribution in [2.75, 3.05) is 13.7 Å². The van der Waals surface area contributed by atoms with Gasteiger partial charge in [-0.2, -0.15) is 0 Å². The maximum Gasteiger partial charge on any atom is 0.256 e. The van der Waals surface area contributed by atoms with E-state index >= 15 is 0 Å². The van der Waals surface area contributed by atoms with Crippen LogP contribution in [-0.2, 0) is 6.42 Å². The smallest absolute Gasteiger partial charge is 0.256 e. The molecule has 2 aliphatic rings. The molecule has 0 radical (unpaired) electrons. The fraction of sp³-hybridized carbons (Fsp3) is 0.500. The fourth-order valence-corrected chi connectivity index (χ4v) is 3.07. The third-order valence-corrected chi connectivity index (χ3v) is 4.09. The van der Waals surface area contributed by atoms with Gasteiger partial charge in [0, 0.05) is 12.8 Å². The van der Waals surface area contributed by atoms with E-state index in [1.165, 1.54) is 0 Å². The zero-order valence-electron chi connectivity index (χ0n) is 12.1. The molecule has 2 heterocycles. The Labute approximate surface area is 119 Å². The zero-order chi connectivity index (χ0) is 14.1. The quantitative estimate of drug-likeness (QED) is 0.849. The van der Waals surface area contributed by atoms with E-state index in [4.69, 9.17) is 4.74 Å². The molecule has 106 valence electrons. The number of nitrogens with zero attached hydrogens (tertiary/aromatic N) is 2. The number of hydrogen-bond donors (Lipinski definition) is 0. The molecular weight excluding hydrogens is 252 g/mol. The minimum absolute atomic E-state index is 0.0846. The van der Waals surface area contributed by atoms with E-state index in [-0.39, 0.29) is 11.9 Å². The van der Waals surface area contributed by atoms with Gasteiger partial charge in [0.1, 0.15) is 5.75 Å². The Bertz CT molecular complexity index is 566. The number of fused-ring (bicyclic) bond motifs is 2. The summed E-state index contributed by atoms with van der Waals surface area (Å²) in [7, 11) is 1.66. The number of methoxy groups -OCH3 is 1. The molecule has 1 aromatic carbocycles. The summed E-state index contributed by atoms with van der Waals surface area (Å²) in [5, 5.41) is 0. The molecule has 4 heteroatoms. The van der Waals surface area contributed by atoms with Crippen molar-refractivity contribution in [3.63, 3.8) is 0 Å². The highest BCUT2D eigenvalue weighted by molar-refractivity contribution is 6.03. The largest absolute Gasteiger partial charge is 0.496 e. The van der Waals surface area contributed by atoms with Crippen molar-refractivity contribution >= 4 is 17.8 Å². The molecule has 3 rings (SSSR count). The molecule has 0 aliphatic carbocycles. The van der Waals surface area contributed by atoms with E-state index in [0.29, 0.717) is 5.56 Å². The summed E-state index contributed by atoms with van der Waals surface area (Å²) < 4.78 is 5.44. The number of aryl methyl sites for hydroxylation is 1. The normalized spacial score (nSPS) is 20.6. The van der Waals surface area contributed by atoms with Crippen molar-refractivity contribution in [1.29, 1.82) is 0 Å². The number of benzene rings is 1. The molecule has 2 aliphatic heterocycles. The van der Waals surface area contributed by atoms with Gasteiger partial charge in [-0.25, -0.2) is 0 Å². The lowest BCUT2D eigenvalue weighted by molar-refractivity contribution is 0.0774. The SMILES string of the molecule is CCCc1cc2c(cc1OC)C(=O)N1CCC[C@H]1C=N2. The average Bonchev–Trinajstić information content (AvgIpc) is 2.88. The topological polar surface area (TPSA) is 41.9 Å². The predicted molar refractivity (Wildman–Crippen MR) is 79.2 cm³/mol. The van der Waals surface area contributed by atoms with Crippen LogP contribution in [0.3, 0.4) is 0 Å². The van der Waals surface area contributed by atoms with Crippen molar-refractivity contribution in [1.82, 2.24) is 4.90 Å². The van der Waals surface area contributed by atoms with Crippen LogP contribution in [0.4, 0.5) is 5.69 Å². The second-order valence-corrected chi connectivity index (χ2v) is 5.42. The highest BCUT2D eigenvalue weighted by Gasteiger charge is 2.32. The minimum atomic E-state index is 0.0846. The Morgan fingerprint density at radius 1 is 1.45 bits per heavy atom. The van der Waals surface area contributed by atoms with Crippen LogP contribution in [0.5, 0.6) is 5.75 Å². The molecule has 1 fully saturated rings. The van der Waals surface area contributed by atoms with Crippen LogP contribution in [0.25, 0.3) is 0 Å². The number of rotatable bonds is 3. The first kappa shape index (κ1) is 13.2. The van der Waals surface area contributed by atoms with Crippen molar-refractivity contribution < 1.29 is 9.53 Å². The van der Waals surface area contributed by atoms with Crippen LogP contribution in [0.1, 0.15) is 42.1 Å². The maximum atomic E-state index is 12.6. The van der Waals surface area contributed by atoms with Gasteiger partial charge in [-0.1, -0.05) is 13.3 Å². The molecule has 1 saturated heterocycles. The van der Waals surface area contributed by atoms with Gasteiger partial charge in [-0.3, -0.25) is 9.79 Å². The average molecular weight is 272 g/mol. The van der Waals surface area contributed by atoms with Crippen LogP contribution in [0, 0.1) is 0 Å². The van der Waals surface area contributed by atoms with Crippen LogP contribution in [-0.4, -0.2) is 36.7 Å². The lowest BCUT2D eigenvalue weighted by atomic mass is 10.0. The molecule has 1 aromatic rings. The van der Waals surface area contributed by atoms with Gasteiger partial charge < -0.3 is 9.64 Å². The van der Waals surface area contributed by atoms with Crippen LogP contribution >= 0.6 is 0 Å². The minimum Gasteiger partial charge on any atom is -0.496 e. The van der Waals surface area contributed by atoms with E-state index < -0.39 is 0 Å². The summed E-state index contributed by atoms with van der Waals surface area (Å²) in [4.78, 5) is 19.1. The number of ether oxygens (including phenoxy) is 1.